The van der Waals surface area contributed by atoms with E-state index in [0.29, 0.717) is 47.6 Å². The van der Waals surface area contributed by atoms with Gasteiger partial charge in [0, 0.05) is 24.2 Å². The van der Waals surface area contributed by atoms with Gasteiger partial charge in [0.1, 0.15) is 17.7 Å². The van der Waals surface area contributed by atoms with Crippen LogP contribution in [0, 0.1) is 5.92 Å². The van der Waals surface area contributed by atoms with Crippen LogP contribution < -0.4 is 4.74 Å². The van der Waals surface area contributed by atoms with Gasteiger partial charge in [-0.25, -0.2) is 0 Å². The molecule has 2 aromatic carbocycles. The molecule has 8 nitrogen and oxygen atoms in total. The number of imide groups is 1. The van der Waals surface area contributed by atoms with Crippen LogP contribution in [0.15, 0.2) is 36.4 Å². The normalized spacial score (nSPS) is 36.1. The number of aromatic hydroxyl groups is 1. The van der Waals surface area contributed by atoms with Gasteiger partial charge in [0.25, 0.3) is 11.8 Å². The molecule has 2 bridgehead atoms. The summed E-state index contributed by atoms with van der Waals surface area (Å²) in [7, 11) is 0. The van der Waals surface area contributed by atoms with E-state index in [-0.39, 0.29) is 35.5 Å². The van der Waals surface area contributed by atoms with Crippen molar-refractivity contribution in [3.05, 3.63) is 58.7 Å². The zero-order valence-corrected chi connectivity index (χ0v) is 19.6. The monoisotopic (exact) mass is 486 g/mol. The fourth-order valence-corrected chi connectivity index (χ4v) is 8.07. The number of ether oxygens (including phenoxy) is 1. The van der Waals surface area contributed by atoms with E-state index in [0.717, 1.165) is 19.4 Å². The second-order valence-electron chi connectivity index (χ2n) is 11.4. The van der Waals surface area contributed by atoms with Gasteiger partial charge in [-0.1, -0.05) is 12.1 Å². The van der Waals surface area contributed by atoms with E-state index in [1.165, 1.54) is 11.0 Å². The largest absolute Gasteiger partial charge is 0.504 e. The molecule has 1 spiro atoms. The SMILES string of the molecule is O=C1c2ccc(O)c3c2[C@]24CCN(CC5CC5)[C@H]1[C@]2(O)CCC(N1C(=O)c2ccccc2C1=O)C4O3. The number of carbonyl (C=O) groups excluding carboxylic acids is 3. The van der Waals surface area contributed by atoms with Crippen molar-refractivity contribution < 1.29 is 29.3 Å². The highest BCUT2D eigenvalue weighted by atomic mass is 16.5. The molecule has 36 heavy (non-hydrogen) atoms. The summed E-state index contributed by atoms with van der Waals surface area (Å²) in [5.41, 5.74) is -0.630. The van der Waals surface area contributed by atoms with Crippen molar-refractivity contribution in [1.29, 1.82) is 0 Å². The molecule has 2 N–H and O–H groups in total. The number of phenols is 1. The fraction of sp³-hybridized carbons (Fsp3) is 0.464. The van der Waals surface area contributed by atoms with Crippen molar-refractivity contribution in [3.63, 3.8) is 0 Å². The first-order valence-electron chi connectivity index (χ1n) is 12.9. The lowest BCUT2D eigenvalue weighted by atomic mass is 9.48. The summed E-state index contributed by atoms with van der Waals surface area (Å²) < 4.78 is 6.45. The Balaban J connectivity index is 1.30. The summed E-state index contributed by atoms with van der Waals surface area (Å²) in [6.07, 6.45) is 2.63. The smallest absolute Gasteiger partial charge is 0.261 e. The Morgan fingerprint density at radius 1 is 0.944 bits per heavy atom. The minimum absolute atomic E-state index is 0.0901. The van der Waals surface area contributed by atoms with Crippen LogP contribution in [0.25, 0.3) is 0 Å². The number of fused-ring (bicyclic) bond motifs is 1. The van der Waals surface area contributed by atoms with Crippen molar-refractivity contribution in [2.45, 2.75) is 61.3 Å². The van der Waals surface area contributed by atoms with Crippen molar-refractivity contribution in [2.75, 3.05) is 13.1 Å². The summed E-state index contributed by atoms with van der Waals surface area (Å²) in [4.78, 5) is 44.3. The third-order valence-electron chi connectivity index (χ3n) is 9.73. The van der Waals surface area contributed by atoms with Crippen molar-refractivity contribution in [1.82, 2.24) is 9.80 Å². The van der Waals surface area contributed by atoms with Crippen LogP contribution in [0.1, 0.15) is 68.7 Å². The third kappa shape index (κ3) is 2.22. The van der Waals surface area contributed by atoms with Gasteiger partial charge in [0.2, 0.25) is 0 Å². The maximum Gasteiger partial charge on any atom is 0.261 e. The number of piperidine rings is 1. The van der Waals surface area contributed by atoms with Gasteiger partial charge in [-0.2, -0.15) is 0 Å². The molecule has 3 fully saturated rings. The maximum atomic E-state index is 13.9. The highest BCUT2D eigenvalue weighted by molar-refractivity contribution is 6.21. The number of Topliss-reactive ketones (excluding diaryl/α,β-unsaturated/α-hetero) is 1. The maximum absolute atomic E-state index is 13.9. The third-order valence-corrected chi connectivity index (χ3v) is 9.73. The minimum atomic E-state index is -1.41. The minimum Gasteiger partial charge on any atom is -0.504 e. The summed E-state index contributed by atoms with van der Waals surface area (Å²) in [5.74, 6) is -0.178. The molecule has 1 saturated heterocycles. The molecule has 184 valence electrons. The van der Waals surface area contributed by atoms with Crippen LogP contribution >= 0.6 is 0 Å². The lowest BCUT2D eigenvalue weighted by molar-refractivity contribution is -0.182. The van der Waals surface area contributed by atoms with Gasteiger partial charge in [0.15, 0.2) is 17.3 Å². The van der Waals surface area contributed by atoms with E-state index in [4.69, 9.17) is 4.74 Å². The standard InChI is InChI=1S/C28H26N2O6/c31-19-8-7-17-20-22(19)36-24-18(30-25(33)15-3-1-2-4-16(15)26(30)34)9-10-28(35)23(21(17)32)29(13-14-5-6-14)12-11-27(20,24)28/h1-4,7-8,14,18,23-24,31,35H,5-6,9-13H2/t18?,23-,24?,27+,28-/m1/s1. The Morgan fingerprint density at radius 2 is 1.67 bits per heavy atom. The molecule has 3 aliphatic carbocycles. The molecule has 5 atom stereocenters. The number of amides is 2. The lowest BCUT2D eigenvalue weighted by Gasteiger charge is -2.63. The van der Waals surface area contributed by atoms with Crippen LogP contribution in [-0.4, -0.2) is 74.5 Å². The van der Waals surface area contributed by atoms with Crippen LogP contribution in [0.2, 0.25) is 0 Å². The van der Waals surface area contributed by atoms with Crippen molar-refractivity contribution >= 4 is 17.6 Å². The van der Waals surface area contributed by atoms with Gasteiger partial charge >= 0.3 is 0 Å². The van der Waals surface area contributed by atoms with Gasteiger partial charge in [0.05, 0.1) is 22.6 Å². The zero-order chi connectivity index (χ0) is 24.6. The van der Waals surface area contributed by atoms with E-state index >= 15 is 0 Å². The summed E-state index contributed by atoms with van der Waals surface area (Å²) in [6, 6.07) is 8.59. The number of hydrogen-bond acceptors (Lipinski definition) is 7. The molecule has 6 aliphatic rings. The number of phenolic OH excluding ortho intramolecular Hbond substituents is 1. The van der Waals surface area contributed by atoms with E-state index < -0.39 is 29.2 Å². The number of carbonyl (C=O) groups is 3. The average Bonchev–Trinajstić information content (AvgIpc) is 3.56. The van der Waals surface area contributed by atoms with Gasteiger partial charge in [-0.3, -0.25) is 24.2 Å². The van der Waals surface area contributed by atoms with Crippen molar-refractivity contribution in [3.8, 4) is 11.5 Å². The summed E-state index contributed by atoms with van der Waals surface area (Å²) in [5, 5.41) is 23.3. The number of rotatable bonds is 3. The van der Waals surface area contributed by atoms with Crippen LogP contribution in [0.5, 0.6) is 11.5 Å². The number of benzene rings is 2. The molecule has 3 heterocycles. The van der Waals surface area contributed by atoms with E-state index in [1.807, 2.05) is 0 Å². The molecular formula is C28H26N2O6. The van der Waals surface area contributed by atoms with Crippen LogP contribution in [0.4, 0.5) is 0 Å². The average molecular weight is 487 g/mol. The van der Waals surface area contributed by atoms with E-state index in [1.54, 1.807) is 30.3 Å². The fourth-order valence-electron chi connectivity index (χ4n) is 8.07. The molecule has 2 aromatic rings. The second kappa shape index (κ2) is 6.55. The predicted molar refractivity (Wildman–Crippen MR) is 126 cm³/mol. The van der Waals surface area contributed by atoms with Crippen molar-refractivity contribution in [2.24, 2.45) is 5.92 Å². The van der Waals surface area contributed by atoms with Gasteiger partial charge in [-0.15, -0.1) is 0 Å². The highest BCUT2D eigenvalue weighted by Crippen LogP contribution is 2.66. The number of hydrogen-bond donors (Lipinski definition) is 2. The summed E-state index contributed by atoms with van der Waals surface area (Å²) in [6.45, 7) is 1.39. The molecule has 8 rings (SSSR count). The first-order valence-corrected chi connectivity index (χ1v) is 12.9. The van der Waals surface area contributed by atoms with Gasteiger partial charge < -0.3 is 14.9 Å². The van der Waals surface area contributed by atoms with E-state index in [9.17, 15) is 24.6 Å². The zero-order valence-electron chi connectivity index (χ0n) is 19.6. The topological polar surface area (TPSA) is 107 Å². The van der Waals surface area contributed by atoms with Gasteiger partial charge in [-0.05, 0) is 62.3 Å². The Morgan fingerprint density at radius 3 is 2.36 bits per heavy atom. The number of nitrogens with zero attached hydrogens (tertiary/aromatic N) is 2. The number of likely N-dealkylation sites (tertiary alicyclic amines) is 1. The summed E-state index contributed by atoms with van der Waals surface area (Å²) >= 11 is 0. The Kier molecular flexibility index (Phi) is 3.80. The Hall–Kier alpha value is -3.23. The second-order valence-corrected chi connectivity index (χ2v) is 11.4. The molecule has 2 unspecified atom stereocenters. The first-order chi connectivity index (χ1) is 17.4. The lowest BCUT2D eigenvalue weighted by Crippen LogP contribution is -2.79. The van der Waals surface area contributed by atoms with E-state index in [2.05, 4.69) is 4.90 Å². The molecule has 8 heteroatoms. The van der Waals surface area contributed by atoms with Crippen LogP contribution in [-0.2, 0) is 5.41 Å². The Labute approximate surface area is 207 Å². The first kappa shape index (κ1) is 20.9. The molecule has 0 aromatic heterocycles. The molecular weight excluding hydrogens is 460 g/mol. The highest BCUT2D eigenvalue weighted by Gasteiger charge is 2.76. The quantitative estimate of drug-likeness (QED) is 0.641. The molecule has 0 radical (unpaired) electrons. The molecule has 2 amide bonds. The number of ketones is 1. The molecule has 2 saturated carbocycles. The number of aliphatic hydroxyl groups is 1. The Bertz CT molecular complexity index is 1370. The predicted octanol–water partition coefficient (Wildman–Crippen LogP) is 2.26. The van der Waals surface area contributed by atoms with Crippen LogP contribution in [0.3, 0.4) is 0 Å². The molecule has 3 aliphatic heterocycles.